The molecule has 0 aliphatic carbocycles. The Morgan fingerprint density at radius 2 is 2.17 bits per heavy atom. The van der Waals surface area contributed by atoms with Crippen LogP contribution >= 0.6 is 0 Å². The summed E-state index contributed by atoms with van der Waals surface area (Å²) in [6.45, 7) is 3.92. The van der Waals surface area contributed by atoms with E-state index in [-0.39, 0.29) is 0 Å². The molecule has 4 nitrogen and oxygen atoms in total. The van der Waals surface area contributed by atoms with Crippen molar-refractivity contribution in [3.05, 3.63) is 18.0 Å². The fourth-order valence-electron chi connectivity index (χ4n) is 2.30. The van der Waals surface area contributed by atoms with Crippen molar-refractivity contribution in [2.45, 2.75) is 51.6 Å². The van der Waals surface area contributed by atoms with Crippen molar-refractivity contribution in [3.63, 3.8) is 0 Å². The predicted molar refractivity (Wildman–Crippen MR) is 76.3 cm³/mol. The molecule has 1 atom stereocenters. The quantitative estimate of drug-likeness (QED) is 0.685. The van der Waals surface area contributed by atoms with E-state index in [9.17, 15) is 0 Å². The lowest BCUT2D eigenvalue weighted by atomic mass is 10.1. The highest BCUT2D eigenvalue weighted by atomic mass is 15.2. The molecule has 1 heterocycles. The van der Waals surface area contributed by atoms with Gasteiger partial charge in [0.1, 0.15) is 0 Å². The third-order valence-corrected chi connectivity index (χ3v) is 3.48. The smallest absolute Gasteiger partial charge is 0.0534 e. The van der Waals surface area contributed by atoms with Gasteiger partial charge in [0.15, 0.2) is 0 Å². The van der Waals surface area contributed by atoms with E-state index in [0.717, 1.165) is 13.1 Å². The standard InChI is InChI=1S/C14H28N4/c1-4-5-6-7-8-14(9-15)17(2)11-13-10-16-18(3)12-13/h10,12,14H,4-9,11,15H2,1-3H3. The summed E-state index contributed by atoms with van der Waals surface area (Å²) in [6, 6.07) is 0.488. The van der Waals surface area contributed by atoms with Crippen molar-refractivity contribution < 1.29 is 0 Å². The minimum atomic E-state index is 0.488. The highest BCUT2D eigenvalue weighted by Gasteiger charge is 2.13. The lowest BCUT2D eigenvalue weighted by Gasteiger charge is -2.26. The van der Waals surface area contributed by atoms with Crippen LogP contribution in [0.2, 0.25) is 0 Å². The van der Waals surface area contributed by atoms with Crippen LogP contribution in [0.5, 0.6) is 0 Å². The Kier molecular flexibility index (Phi) is 6.98. The van der Waals surface area contributed by atoms with Gasteiger partial charge in [-0.3, -0.25) is 9.58 Å². The van der Waals surface area contributed by atoms with Crippen molar-refractivity contribution in [1.82, 2.24) is 14.7 Å². The highest BCUT2D eigenvalue weighted by Crippen LogP contribution is 2.12. The lowest BCUT2D eigenvalue weighted by Crippen LogP contribution is -2.37. The number of hydrogen-bond acceptors (Lipinski definition) is 3. The average Bonchev–Trinajstić information content (AvgIpc) is 2.75. The van der Waals surface area contributed by atoms with Gasteiger partial charge < -0.3 is 5.73 Å². The SMILES string of the molecule is CCCCCCC(CN)N(C)Cc1cnn(C)c1. The maximum atomic E-state index is 5.88. The topological polar surface area (TPSA) is 47.1 Å². The summed E-state index contributed by atoms with van der Waals surface area (Å²) in [5.41, 5.74) is 7.14. The van der Waals surface area contributed by atoms with E-state index < -0.39 is 0 Å². The summed E-state index contributed by atoms with van der Waals surface area (Å²) in [6.07, 6.45) is 10.4. The van der Waals surface area contributed by atoms with E-state index in [1.165, 1.54) is 37.7 Å². The van der Waals surface area contributed by atoms with Crippen LogP contribution in [0.4, 0.5) is 0 Å². The molecule has 0 fully saturated rings. The van der Waals surface area contributed by atoms with Crippen LogP contribution in [-0.4, -0.2) is 34.3 Å². The van der Waals surface area contributed by atoms with Gasteiger partial charge in [-0.05, 0) is 13.5 Å². The van der Waals surface area contributed by atoms with Gasteiger partial charge in [-0.25, -0.2) is 0 Å². The number of nitrogens with zero attached hydrogens (tertiary/aromatic N) is 3. The largest absolute Gasteiger partial charge is 0.329 e. The number of hydrogen-bond donors (Lipinski definition) is 1. The lowest BCUT2D eigenvalue weighted by molar-refractivity contribution is 0.222. The predicted octanol–water partition coefficient (Wildman–Crippen LogP) is 2.15. The molecule has 0 spiro atoms. The highest BCUT2D eigenvalue weighted by molar-refractivity contribution is 5.03. The van der Waals surface area contributed by atoms with Crippen LogP contribution in [-0.2, 0) is 13.6 Å². The molecule has 104 valence electrons. The Labute approximate surface area is 111 Å². The molecule has 0 aliphatic rings. The Morgan fingerprint density at radius 3 is 2.72 bits per heavy atom. The van der Waals surface area contributed by atoms with Crippen LogP contribution in [0.15, 0.2) is 12.4 Å². The number of rotatable bonds is 9. The molecule has 0 bridgehead atoms. The van der Waals surface area contributed by atoms with Gasteiger partial charge in [-0.15, -0.1) is 0 Å². The molecule has 0 saturated heterocycles. The number of aromatic nitrogens is 2. The van der Waals surface area contributed by atoms with Crippen LogP contribution in [0.3, 0.4) is 0 Å². The first-order valence-corrected chi connectivity index (χ1v) is 7.05. The Balaban J connectivity index is 2.34. The average molecular weight is 252 g/mol. The van der Waals surface area contributed by atoms with Crippen molar-refractivity contribution in [2.75, 3.05) is 13.6 Å². The van der Waals surface area contributed by atoms with E-state index in [4.69, 9.17) is 5.73 Å². The van der Waals surface area contributed by atoms with Crippen molar-refractivity contribution in [3.8, 4) is 0 Å². The zero-order chi connectivity index (χ0) is 13.4. The first-order chi connectivity index (χ1) is 8.67. The van der Waals surface area contributed by atoms with E-state index in [1.54, 1.807) is 0 Å². The molecular weight excluding hydrogens is 224 g/mol. The molecule has 1 aromatic rings. The summed E-state index contributed by atoms with van der Waals surface area (Å²) < 4.78 is 1.85. The van der Waals surface area contributed by atoms with E-state index >= 15 is 0 Å². The van der Waals surface area contributed by atoms with E-state index in [2.05, 4.69) is 30.2 Å². The van der Waals surface area contributed by atoms with Gasteiger partial charge in [0.05, 0.1) is 6.20 Å². The second kappa shape index (κ2) is 8.27. The minimum absolute atomic E-state index is 0.488. The Hall–Kier alpha value is -0.870. The first kappa shape index (κ1) is 15.2. The van der Waals surface area contributed by atoms with Crippen LogP contribution in [0, 0.1) is 0 Å². The molecule has 0 aliphatic heterocycles. The van der Waals surface area contributed by atoms with Crippen LogP contribution in [0.25, 0.3) is 0 Å². The number of aryl methyl sites for hydroxylation is 1. The zero-order valence-electron chi connectivity index (χ0n) is 12.1. The van der Waals surface area contributed by atoms with E-state index in [0.29, 0.717) is 6.04 Å². The van der Waals surface area contributed by atoms with Gasteiger partial charge in [0, 0.05) is 37.9 Å². The summed E-state index contributed by atoms with van der Waals surface area (Å²) in [5, 5.41) is 4.20. The van der Waals surface area contributed by atoms with Gasteiger partial charge in [-0.2, -0.15) is 5.10 Å². The number of nitrogens with two attached hydrogens (primary N) is 1. The summed E-state index contributed by atoms with van der Waals surface area (Å²) in [7, 11) is 4.11. The molecular formula is C14H28N4. The molecule has 2 N–H and O–H groups in total. The summed E-state index contributed by atoms with van der Waals surface area (Å²) in [4.78, 5) is 2.35. The fourth-order valence-corrected chi connectivity index (χ4v) is 2.30. The molecule has 4 heteroatoms. The van der Waals surface area contributed by atoms with Crippen molar-refractivity contribution >= 4 is 0 Å². The van der Waals surface area contributed by atoms with Crippen molar-refractivity contribution in [2.24, 2.45) is 12.8 Å². The monoisotopic (exact) mass is 252 g/mol. The summed E-state index contributed by atoms with van der Waals surface area (Å²) >= 11 is 0. The molecule has 0 saturated carbocycles. The minimum Gasteiger partial charge on any atom is -0.329 e. The van der Waals surface area contributed by atoms with Gasteiger partial charge in [0.25, 0.3) is 0 Å². The van der Waals surface area contributed by atoms with Crippen molar-refractivity contribution in [1.29, 1.82) is 0 Å². The molecule has 0 amide bonds. The normalized spacial score (nSPS) is 13.2. The Morgan fingerprint density at radius 1 is 1.39 bits per heavy atom. The number of likely N-dealkylation sites (N-methyl/N-ethyl adjacent to an activating group) is 1. The maximum absolute atomic E-state index is 5.88. The zero-order valence-corrected chi connectivity index (χ0v) is 12.1. The molecule has 0 radical (unpaired) electrons. The van der Waals surface area contributed by atoms with Crippen LogP contribution < -0.4 is 5.73 Å². The second-order valence-corrected chi connectivity index (χ2v) is 5.18. The third kappa shape index (κ3) is 5.19. The van der Waals surface area contributed by atoms with Crippen LogP contribution in [0.1, 0.15) is 44.6 Å². The molecule has 1 aromatic heterocycles. The van der Waals surface area contributed by atoms with Gasteiger partial charge in [-0.1, -0.05) is 32.6 Å². The molecule has 1 unspecified atom stereocenters. The number of unbranched alkanes of at least 4 members (excludes halogenated alkanes) is 3. The summed E-state index contributed by atoms with van der Waals surface area (Å²) in [5.74, 6) is 0. The fraction of sp³-hybridized carbons (Fsp3) is 0.786. The third-order valence-electron chi connectivity index (χ3n) is 3.48. The van der Waals surface area contributed by atoms with Gasteiger partial charge >= 0.3 is 0 Å². The maximum Gasteiger partial charge on any atom is 0.0534 e. The van der Waals surface area contributed by atoms with E-state index in [1.807, 2.05) is 17.9 Å². The second-order valence-electron chi connectivity index (χ2n) is 5.18. The molecule has 0 aromatic carbocycles. The first-order valence-electron chi connectivity index (χ1n) is 7.05. The Bertz CT molecular complexity index is 321. The van der Waals surface area contributed by atoms with Gasteiger partial charge in [0.2, 0.25) is 0 Å². The molecule has 1 rings (SSSR count). The molecule has 18 heavy (non-hydrogen) atoms.